The van der Waals surface area contributed by atoms with Gasteiger partial charge in [0, 0.05) is 93.5 Å². The van der Waals surface area contributed by atoms with Crippen molar-refractivity contribution < 1.29 is 32.5 Å². The van der Waals surface area contributed by atoms with Crippen LogP contribution in [0.5, 0.6) is 11.5 Å². The van der Waals surface area contributed by atoms with Gasteiger partial charge in [0.2, 0.25) is 0 Å². The van der Waals surface area contributed by atoms with Gasteiger partial charge in [-0.2, -0.15) is 0 Å². The maximum absolute atomic E-state index is 13.9. The van der Waals surface area contributed by atoms with Crippen molar-refractivity contribution in [2.75, 3.05) is 56.2 Å². The summed E-state index contributed by atoms with van der Waals surface area (Å²) >= 11 is 0. The van der Waals surface area contributed by atoms with Crippen LogP contribution in [0.3, 0.4) is 0 Å². The molecule has 18 heteroatoms. The zero-order valence-electron chi connectivity index (χ0n) is 32.2. The van der Waals surface area contributed by atoms with E-state index in [2.05, 4.69) is 29.8 Å². The number of nitro benzene ring substituents is 2. The normalized spacial score (nSPS) is 17.8. The molecule has 3 aromatic carbocycles. The highest BCUT2D eigenvalue weighted by Crippen LogP contribution is 2.38. The van der Waals surface area contributed by atoms with Gasteiger partial charge in [0.15, 0.2) is 0 Å². The quantitative estimate of drug-likeness (QED) is 0.0678. The number of hydrogen-bond donors (Lipinski definition) is 3. The van der Waals surface area contributed by atoms with Gasteiger partial charge >= 0.3 is 0 Å². The van der Waals surface area contributed by atoms with Crippen LogP contribution in [-0.2, 0) is 21.2 Å². The number of H-pyrrole nitrogens is 1. The van der Waals surface area contributed by atoms with Gasteiger partial charge in [-0.15, -0.1) is 0 Å². The fourth-order valence-corrected chi connectivity index (χ4v) is 9.20. The van der Waals surface area contributed by atoms with Crippen LogP contribution in [0.2, 0.25) is 0 Å². The number of carbonyl (C=O) groups is 1. The minimum atomic E-state index is -4.58. The minimum Gasteiger partial charge on any atom is -0.455 e. The van der Waals surface area contributed by atoms with Crippen LogP contribution in [0, 0.1) is 26.1 Å². The Labute approximate surface area is 340 Å². The van der Waals surface area contributed by atoms with Crippen LogP contribution in [0.1, 0.15) is 59.6 Å². The van der Waals surface area contributed by atoms with E-state index >= 15 is 0 Å². The van der Waals surface area contributed by atoms with E-state index in [9.17, 15) is 33.4 Å². The van der Waals surface area contributed by atoms with Gasteiger partial charge in [-0.1, -0.05) is 12.5 Å². The Morgan fingerprint density at radius 2 is 1.75 bits per heavy atom. The molecule has 2 aliphatic heterocycles. The summed E-state index contributed by atoms with van der Waals surface area (Å²) in [6, 6.07) is 17.2. The van der Waals surface area contributed by atoms with Crippen molar-refractivity contribution in [2.24, 2.45) is 5.92 Å². The fraction of sp³-hybridized carbons (Fsp3) is 0.366. The van der Waals surface area contributed by atoms with E-state index in [1.165, 1.54) is 24.4 Å². The minimum absolute atomic E-state index is 0.0586. The second-order valence-corrected chi connectivity index (χ2v) is 16.8. The Morgan fingerprint density at radius 1 is 0.932 bits per heavy atom. The summed E-state index contributed by atoms with van der Waals surface area (Å²) in [5.74, 6) is -0.330. The predicted molar refractivity (Wildman–Crippen MR) is 220 cm³/mol. The van der Waals surface area contributed by atoms with Crippen molar-refractivity contribution in [1.82, 2.24) is 19.6 Å². The number of aryl methyl sites for hydroxylation is 1. The molecule has 1 atom stereocenters. The molecule has 2 saturated heterocycles. The molecule has 0 bridgehead atoms. The number of nitrogens with one attached hydrogen (secondary N) is 3. The number of ether oxygens (including phenoxy) is 2. The third-order valence-electron chi connectivity index (χ3n) is 11.4. The van der Waals surface area contributed by atoms with E-state index in [4.69, 9.17) is 9.47 Å². The molecule has 8 rings (SSSR count). The molecule has 4 heterocycles. The number of non-ortho nitro benzene ring substituents is 1. The summed E-state index contributed by atoms with van der Waals surface area (Å²) in [6.07, 6.45) is 8.70. The molecule has 308 valence electrons. The molecular formula is C41H44N8O9S. The van der Waals surface area contributed by atoms with Crippen LogP contribution < -0.4 is 19.7 Å². The zero-order chi connectivity index (χ0) is 41.1. The third kappa shape index (κ3) is 8.84. The first-order chi connectivity index (χ1) is 28.5. The number of piperazine rings is 1. The van der Waals surface area contributed by atoms with Crippen LogP contribution in [0.15, 0.2) is 84.0 Å². The van der Waals surface area contributed by atoms with E-state index < -0.39 is 31.4 Å². The number of fused-ring (bicyclic) bond motifs is 2. The molecule has 0 radical (unpaired) electrons. The lowest BCUT2D eigenvalue weighted by molar-refractivity contribution is -0.385. The number of pyridine rings is 1. The Morgan fingerprint density at radius 3 is 2.53 bits per heavy atom. The van der Waals surface area contributed by atoms with Gasteiger partial charge in [0.1, 0.15) is 22.8 Å². The smallest absolute Gasteiger partial charge is 0.293 e. The monoisotopic (exact) mass is 824 g/mol. The topological polar surface area (TPSA) is 215 Å². The second kappa shape index (κ2) is 17.0. The number of amides is 1. The lowest BCUT2D eigenvalue weighted by Gasteiger charge is -2.40. The number of aromatic amines is 1. The second-order valence-electron chi connectivity index (χ2n) is 15.1. The largest absolute Gasteiger partial charge is 0.455 e. The molecule has 0 spiro atoms. The number of aromatic nitrogens is 2. The van der Waals surface area contributed by atoms with E-state index in [0.717, 1.165) is 66.8 Å². The highest BCUT2D eigenvalue weighted by atomic mass is 32.2. The van der Waals surface area contributed by atoms with E-state index in [0.29, 0.717) is 57.3 Å². The van der Waals surface area contributed by atoms with Crippen molar-refractivity contribution in [3.8, 4) is 11.5 Å². The highest BCUT2D eigenvalue weighted by Gasteiger charge is 2.31. The molecule has 2 fully saturated rings. The van der Waals surface area contributed by atoms with Crippen molar-refractivity contribution in [2.45, 2.75) is 49.5 Å². The van der Waals surface area contributed by atoms with Gasteiger partial charge in [-0.3, -0.25) is 29.9 Å². The van der Waals surface area contributed by atoms with E-state index in [1.807, 2.05) is 12.1 Å². The summed E-state index contributed by atoms with van der Waals surface area (Å²) < 4.78 is 41.0. The van der Waals surface area contributed by atoms with E-state index in [-0.39, 0.29) is 39.6 Å². The van der Waals surface area contributed by atoms with Crippen LogP contribution in [-0.4, -0.2) is 85.0 Å². The number of nitro groups is 2. The maximum atomic E-state index is 13.9. The van der Waals surface area contributed by atoms with Gasteiger partial charge in [-0.25, -0.2) is 18.1 Å². The number of carbonyl (C=O) groups excluding carboxylic acids is 1. The number of hydrogen-bond acceptors (Lipinski definition) is 13. The maximum Gasteiger partial charge on any atom is 0.293 e. The number of rotatable bonds is 12. The number of benzene rings is 3. The number of sulfonamides is 1. The fourth-order valence-electron chi connectivity index (χ4n) is 8.22. The average Bonchev–Trinajstić information content (AvgIpc) is 3.61. The first-order valence-corrected chi connectivity index (χ1v) is 21.2. The average molecular weight is 825 g/mol. The molecule has 0 saturated carbocycles. The lowest BCUT2D eigenvalue weighted by Crippen LogP contribution is -2.47. The zero-order valence-corrected chi connectivity index (χ0v) is 33.0. The molecule has 1 unspecified atom stereocenters. The molecule has 1 aliphatic carbocycles. The Kier molecular flexibility index (Phi) is 11.4. The molecule has 2 aromatic heterocycles. The van der Waals surface area contributed by atoms with Crippen molar-refractivity contribution in [3.05, 3.63) is 116 Å². The Balaban J connectivity index is 1.02. The standard InChI is InChI=1S/C41H44N8O9S/c50-41(45-59(55,56)33-8-10-36(38(24-33)49(53)54)43-25-27-12-19-57-20-13-27)34-9-7-30(23-39(34)58-32-21-29-11-14-42-40(29)44-26-32)46-15-17-47(18-16-46)37-4-2-1-3-28-5-6-31(48(51)52)22-35(28)37/h5-11,14,21-24,26-27,37,43H,1-4,12-13,15-20,25H2,(H,42,44)(H,45,50). The summed E-state index contributed by atoms with van der Waals surface area (Å²) in [5.41, 5.74) is 3.31. The summed E-state index contributed by atoms with van der Waals surface area (Å²) in [5, 5.41) is 27.5. The third-order valence-corrected chi connectivity index (χ3v) is 12.8. The predicted octanol–water partition coefficient (Wildman–Crippen LogP) is 6.72. The van der Waals surface area contributed by atoms with Crippen molar-refractivity contribution >= 4 is 49.7 Å². The molecule has 17 nitrogen and oxygen atoms in total. The summed E-state index contributed by atoms with van der Waals surface area (Å²) in [4.78, 5) is 48.1. The lowest BCUT2D eigenvalue weighted by atomic mass is 9.96. The van der Waals surface area contributed by atoms with Gasteiger partial charge in [0.05, 0.1) is 26.5 Å². The molecule has 59 heavy (non-hydrogen) atoms. The number of anilines is 2. The van der Waals surface area contributed by atoms with Crippen LogP contribution in [0.4, 0.5) is 22.7 Å². The van der Waals surface area contributed by atoms with Crippen LogP contribution >= 0.6 is 0 Å². The molecule has 5 aromatic rings. The first-order valence-electron chi connectivity index (χ1n) is 19.7. The van der Waals surface area contributed by atoms with Crippen molar-refractivity contribution in [1.29, 1.82) is 0 Å². The Hall–Kier alpha value is -6.11. The molecular weight excluding hydrogens is 781 g/mol. The summed E-state index contributed by atoms with van der Waals surface area (Å²) in [7, 11) is -4.58. The molecule has 1 amide bonds. The first kappa shape index (κ1) is 39.7. The van der Waals surface area contributed by atoms with Gasteiger partial charge < -0.3 is 24.7 Å². The Bertz CT molecular complexity index is 2500. The number of nitrogens with zero attached hydrogens (tertiary/aromatic N) is 5. The van der Waals surface area contributed by atoms with Crippen molar-refractivity contribution in [3.63, 3.8) is 0 Å². The van der Waals surface area contributed by atoms with E-state index in [1.54, 1.807) is 36.5 Å². The van der Waals surface area contributed by atoms with Gasteiger partial charge in [-0.05, 0) is 85.5 Å². The molecule has 3 aliphatic rings. The molecule has 3 N–H and O–H groups in total. The SMILES string of the molecule is O=C(NS(=O)(=O)c1ccc(NCC2CCOCC2)c([N+](=O)[O-])c1)c1ccc(N2CCN(C3CCCCc4ccc([N+](=O)[O-])cc43)CC2)cc1Oc1cnc2[nH]ccc2c1. The highest BCUT2D eigenvalue weighted by molar-refractivity contribution is 7.90. The van der Waals surface area contributed by atoms with Crippen LogP contribution in [0.25, 0.3) is 11.0 Å². The summed E-state index contributed by atoms with van der Waals surface area (Å²) in [6.45, 7) is 4.32. The van der Waals surface area contributed by atoms with Gasteiger partial charge in [0.25, 0.3) is 27.3 Å².